The van der Waals surface area contributed by atoms with E-state index in [2.05, 4.69) is 0 Å². The lowest BCUT2D eigenvalue weighted by Gasteiger charge is -2.20. The summed E-state index contributed by atoms with van der Waals surface area (Å²) >= 11 is 0. The molecule has 0 unspecified atom stereocenters. The zero-order valence-electron chi connectivity index (χ0n) is 10.2. The van der Waals surface area contributed by atoms with Crippen molar-refractivity contribution in [2.24, 2.45) is 11.7 Å². The van der Waals surface area contributed by atoms with Crippen molar-refractivity contribution in [1.29, 1.82) is 0 Å². The number of hydrogen-bond acceptors (Lipinski definition) is 4. The van der Waals surface area contributed by atoms with Gasteiger partial charge in [0.15, 0.2) is 0 Å². The van der Waals surface area contributed by atoms with Gasteiger partial charge in [0, 0.05) is 0 Å². The number of esters is 1. The van der Waals surface area contributed by atoms with Crippen LogP contribution in [0.25, 0.3) is 0 Å². The van der Waals surface area contributed by atoms with Crippen molar-refractivity contribution < 1.29 is 14.3 Å². The second-order valence-electron chi connectivity index (χ2n) is 5.10. The van der Waals surface area contributed by atoms with Crippen molar-refractivity contribution in [2.75, 3.05) is 0 Å². The number of rotatable bonds is 4. The lowest BCUT2D eigenvalue weighted by Crippen LogP contribution is -2.40. The highest BCUT2D eigenvalue weighted by atomic mass is 16.6. The summed E-state index contributed by atoms with van der Waals surface area (Å²) in [4.78, 5) is 22.8. The van der Waals surface area contributed by atoms with Crippen LogP contribution in [-0.4, -0.2) is 23.4 Å². The summed E-state index contributed by atoms with van der Waals surface area (Å²) in [6.45, 7) is 9.04. The Hall–Kier alpha value is -0.900. The van der Waals surface area contributed by atoms with Crippen LogP contribution in [0.15, 0.2) is 0 Å². The highest BCUT2D eigenvalue weighted by Gasteiger charge is 2.27. The Balaban J connectivity index is 4.27. The zero-order valence-corrected chi connectivity index (χ0v) is 10.2. The minimum atomic E-state index is -0.837. The molecule has 0 aliphatic rings. The summed E-state index contributed by atoms with van der Waals surface area (Å²) < 4.78 is 4.93. The summed E-state index contributed by atoms with van der Waals surface area (Å²) in [5.74, 6) is -1.19. The molecule has 0 heterocycles. The quantitative estimate of drug-likeness (QED) is 0.566. The maximum absolute atomic E-state index is 11.5. The summed E-state index contributed by atoms with van der Waals surface area (Å²) in [6, 6.07) is -0.750. The van der Waals surface area contributed by atoms with Gasteiger partial charge in [-0.3, -0.25) is 4.79 Å². The van der Waals surface area contributed by atoms with Gasteiger partial charge in [0.05, 0.1) is 6.04 Å². The molecule has 4 nitrogen and oxygen atoms in total. The Labute approximate surface area is 91.2 Å². The van der Waals surface area contributed by atoms with Crippen molar-refractivity contribution in [3.8, 4) is 0 Å². The van der Waals surface area contributed by atoms with Crippen LogP contribution in [-0.2, 0) is 14.3 Å². The van der Waals surface area contributed by atoms with E-state index >= 15 is 0 Å². The molecule has 4 heteroatoms. The molecular formula is C11H21NO3. The molecule has 0 aromatic heterocycles. The normalized spacial score (nSPS) is 13.8. The van der Waals surface area contributed by atoms with Gasteiger partial charge in [0.1, 0.15) is 5.60 Å². The first-order chi connectivity index (χ1) is 6.63. The van der Waals surface area contributed by atoms with Crippen LogP contribution in [0, 0.1) is 5.92 Å². The lowest BCUT2D eigenvalue weighted by atomic mass is 10.0. The Bertz CT molecular complexity index is 241. The number of nitrogens with two attached hydrogens (primary N) is 1. The van der Waals surface area contributed by atoms with E-state index < -0.39 is 23.4 Å². The molecule has 15 heavy (non-hydrogen) atoms. The third-order valence-corrected chi connectivity index (χ3v) is 1.66. The van der Waals surface area contributed by atoms with E-state index in [9.17, 15) is 9.59 Å². The SMILES string of the molecule is CC(C)C[C@H](N)C(=O)C(=O)OC(C)(C)C. The average Bonchev–Trinajstić information content (AvgIpc) is 1.98. The molecule has 0 radical (unpaired) electrons. The van der Waals surface area contributed by atoms with Crippen molar-refractivity contribution in [3.63, 3.8) is 0 Å². The Morgan fingerprint density at radius 2 is 1.73 bits per heavy atom. The zero-order chi connectivity index (χ0) is 12.2. The summed E-state index contributed by atoms with van der Waals surface area (Å²) in [5, 5.41) is 0. The molecule has 0 saturated heterocycles. The molecule has 0 aliphatic carbocycles. The molecular weight excluding hydrogens is 194 g/mol. The van der Waals surface area contributed by atoms with Gasteiger partial charge in [-0.1, -0.05) is 13.8 Å². The summed E-state index contributed by atoms with van der Waals surface area (Å²) in [5.41, 5.74) is 4.94. The van der Waals surface area contributed by atoms with Gasteiger partial charge >= 0.3 is 5.97 Å². The minimum absolute atomic E-state index is 0.284. The Morgan fingerprint density at radius 3 is 2.07 bits per heavy atom. The first-order valence-corrected chi connectivity index (χ1v) is 5.16. The molecule has 0 bridgehead atoms. The number of ether oxygens (including phenoxy) is 1. The largest absolute Gasteiger partial charge is 0.454 e. The maximum atomic E-state index is 11.5. The van der Waals surface area contributed by atoms with Crippen molar-refractivity contribution in [1.82, 2.24) is 0 Å². The third kappa shape index (κ3) is 6.23. The van der Waals surface area contributed by atoms with Crippen LogP contribution < -0.4 is 5.73 Å². The predicted octanol–water partition coefficient (Wildman–Crippen LogP) is 1.27. The Morgan fingerprint density at radius 1 is 1.27 bits per heavy atom. The van der Waals surface area contributed by atoms with Crippen LogP contribution in [0.2, 0.25) is 0 Å². The molecule has 0 aromatic carbocycles. The van der Waals surface area contributed by atoms with E-state index in [1.54, 1.807) is 20.8 Å². The van der Waals surface area contributed by atoms with Crippen molar-refractivity contribution in [2.45, 2.75) is 52.7 Å². The van der Waals surface area contributed by atoms with Gasteiger partial charge in [-0.25, -0.2) is 4.79 Å². The standard InChI is InChI=1S/C11H21NO3/c1-7(2)6-8(12)9(13)10(14)15-11(3,4)5/h7-8H,6,12H2,1-5H3/t8-/m0/s1. The highest BCUT2D eigenvalue weighted by Crippen LogP contribution is 2.09. The molecule has 0 aromatic rings. The van der Waals surface area contributed by atoms with Gasteiger partial charge in [-0.2, -0.15) is 0 Å². The fraction of sp³-hybridized carbons (Fsp3) is 0.818. The molecule has 0 aliphatic heterocycles. The highest BCUT2D eigenvalue weighted by molar-refractivity contribution is 6.35. The molecule has 2 N–H and O–H groups in total. The molecule has 0 rings (SSSR count). The minimum Gasteiger partial charge on any atom is -0.454 e. The smallest absolute Gasteiger partial charge is 0.376 e. The van der Waals surface area contributed by atoms with Crippen LogP contribution in [0.4, 0.5) is 0 Å². The van der Waals surface area contributed by atoms with Gasteiger partial charge in [0.2, 0.25) is 0 Å². The molecule has 0 amide bonds. The van der Waals surface area contributed by atoms with E-state index in [4.69, 9.17) is 10.5 Å². The maximum Gasteiger partial charge on any atom is 0.376 e. The van der Waals surface area contributed by atoms with Crippen molar-refractivity contribution in [3.05, 3.63) is 0 Å². The Kier molecular flexibility index (Phi) is 4.94. The van der Waals surface area contributed by atoms with Crippen LogP contribution in [0.3, 0.4) is 0 Å². The average molecular weight is 215 g/mol. The fourth-order valence-electron chi connectivity index (χ4n) is 1.09. The fourth-order valence-corrected chi connectivity index (χ4v) is 1.09. The second-order valence-corrected chi connectivity index (χ2v) is 5.10. The monoisotopic (exact) mass is 215 g/mol. The predicted molar refractivity (Wildman–Crippen MR) is 58.3 cm³/mol. The molecule has 1 atom stereocenters. The van der Waals surface area contributed by atoms with Gasteiger partial charge in [-0.15, -0.1) is 0 Å². The van der Waals surface area contributed by atoms with Crippen LogP contribution in [0.5, 0.6) is 0 Å². The number of hydrogen-bond donors (Lipinski definition) is 1. The number of Topliss-reactive ketones (excluding diaryl/α,β-unsaturated/α-hetero) is 1. The molecule has 0 fully saturated rings. The second kappa shape index (κ2) is 5.26. The van der Waals surface area contributed by atoms with E-state index in [0.29, 0.717) is 6.42 Å². The van der Waals surface area contributed by atoms with Crippen LogP contribution in [0.1, 0.15) is 41.0 Å². The first-order valence-electron chi connectivity index (χ1n) is 5.16. The van der Waals surface area contributed by atoms with E-state index in [-0.39, 0.29) is 5.92 Å². The van der Waals surface area contributed by atoms with Gasteiger partial charge in [-0.05, 0) is 33.1 Å². The van der Waals surface area contributed by atoms with E-state index in [1.165, 1.54) is 0 Å². The number of carbonyl (C=O) groups excluding carboxylic acids is 2. The van der Waals surface area contributed by atoms with Crippen LogP contribution >= 0.6 is 0 Å². The first kappa shape index (κ1) is 14.1. The molecule has 0 spiro atoms. The van der Waals surface area contributed by atoms with Gasteiger partial charge in [0.25, 0.3) is 5.78 Å². The van der Waals surface area contributed by atoms with Gasteiger partial charge < -0.3 is 10.5 Å². The number of ketones is 1. The summed E-state index contributed by atoms with van der Waals surface area (Å²) in [7, 11) is 0. The topological polar surface area (TPSA) is 69.4 Å². The third-order valence-electron chi connectivity index (χ3n) is 1.66. The van der Waals surface area contributed by atoms with E-state index in [1.807, 2.05) is 13.8 Å². The van der Waals surface area contributed by atoms with Crippen molar-refractivity contribution >= 4 is 11.8 Å². The van der Waals surface area contributed by atoms with E-state index in [0.717, 1.165) is 0 Å². The summed E-state index contributed by atoms with van der Waals surface area (Å²) in [6.07, 6.45) is 0.498. The molecule has 0 saturated carbocycles. The number of carbonyl (C=O) groups is 2. The molecule has 88 valence electrons. The lowest BCUT2D eigenvalue weighted by molar-refractivity contribution is -0.163.